The molecule has 34 heavy (non-hydrogen) atoms. The van der Waals surface area contributed by atoms with Crippen molar-refractivity contribution in [2.24, 2.45) is 0 Å². The smallest absolute Gasteiger partial charge is 0.261 e. The molecule has 7 nitrogen and oxygen atoms in total. The highest BCUT2D eigenvalue weighted by atomic mass is 79.9. The molecule has 10 heteroatoms. The summed E-state index contributed by atoms with van der Waals surface area (Å²) in [5, 5.41) is 2.92. The monoisotopic (exact) mass is 566 g/mol. The van der Waals surface area contributed by atoms with E-state index in [0.29, 0.717) is 18.0 Å². The third-order valence-electron chi connectivity index (χ3n) is 4.72. The minimum atomic E-state index is -3.87. The van der Waals surface area contributed by atoms with Crippen LogP contribution in [0.4, 0.5) is 5.69 Å². The molecule has 0 fully saturated rings. The van der Waals surface area contributed by atoms with Gasteiger partial charge in [0.1, 0.15) is 11.5 Å². The van der Waals surface area contributed by atoms with Crippen LogP contribution in [-0.2, 0) is 14.8 Å². The fourth-order valence-corrected chi connectivity index (χ4v) is 4.85. The number of amides is 1. The van der Waals surface area contributed by atoms with Crippen molar-refractivity contribution < 1.29 is 22.7 Å². The van der Waals surface area contributed by atoms with Gasteiger partial charge in [-0.2, -0.15) is 0 Å². The topological polar surface area (TPSA) is 93.7 Å². The number of benzene rings is 3. The molecule has 0 saturated carbocycles. The van der Waals surface area contributed by atoms with Crippen LogP contribution in [-0.4, -0.2) is 27.5 Å². The molecule has 3 aromatic rings. The Balaban J connectivity index is 1.60. The first kappa shape index (κ1) is 25.9. The number of anilines is 1. The Kier molecular flexibility index (Phi) is 8.82. The van der Waals surface area contributed by atoms with Crippen molar-refractivity contribution in [1.82, 2.24) is 5.32 Å². The Morgan fingerprint density at radius 1 is 1.06 bits per heavy atom. The zero-order chi connectivity index (χ0) is 24.7. The number of halogens is 2. The highest BCUT2D eigenvalue weighted by molar-refractivity contribution is 9.10. The summed E-state index contributed by atoms with van der Waals surface area (Å²) in [4.78, 5) is 12.2. The van der Waals surface area contributed by atoms with Crippen LogP contribution in [0.15, 0.2) is 76.1 Å². The van der Waals surface area contributed by atoms with E-state index < -0.39 is 10.0 Å². The third kappa shape index (κ3) is 7.12. The summed E-state index contributed by atoms with van der Waals surface area (Å²) in [5.41, 5.74) is 1.33. The van der Waals surface area contributed by atoms with Crippen molar-refractivity contribution in [3.05, 3.63) is 81.8 Å². The van der Waals surface area contributed by atoms with E-state index in [4.69, 9.17) is 21.1 Å². The number of hydrogen-bond acceptors (Lipinski definition) is 5. The molecule has 0 unspecified atom stereocenters. The van der Waals surface area contributed by atoms with E-state index >= 15 is 0 Å². The van der Waals surface area contributed by atoms with Crippen LogP contribution in [0.1, 0.15) is 25.5 Å². The summed E-state index contributed by atoms with van der Waals surface area (Å²) < 4.78 is 39.7. The molecule has 1 amide bonds. The average molecular weight is 568 g/mol. The molecule has 0 aliphatic rings. The van der Waals surface area contributed by atoms with Gasteiger partial charge < -0.3 is 14.8 Å². The fourth-order valence-electron chi connectivity index (χ4n) is 3.05. The summed E-state index contributed by atoms with van der Waals surface area (Å²) in [6.45, 7) is 3.98. The summed E-state index contributed by atoms with van der Waals surface area (Å²) in [7, 11) is -3.87. The summed E-state index contributed by atoms with van der Waals surface area (Å²) >= 11 is 9.63. The van der Waals surface area contributed by atoms with Gasteiger partial charge in [-0.15, -0.1) is 0 Å². The molecule has 1 atom stereocenters. The van der Waals surface area contributed by atoms with Gasteiger partial charge in [-0.3, -0.25) is 9.52 Å². The molecule has 0 saturated heterocycles. The van der Waals surface area contributed by atoms with Crippen molar-refractivity contribution in [2.75, 3.05) is 17.9 Å². The number of sulfonamides is 1. The molecule has 3 rings (SSSR count). The fraction of sp³-hybridized carbons (Fsp3) is 0.208. The first-order valence-electron chi connectivity index (χ1n) is 10.4. The van der Waals surface area contributed by atoms with Crippen molar-refractivity contribution >= 4 is 49.1 Å². The Hall–Kier alpha value is -2.75. The summed E-state index contributed by atoms with van der Waals surface area (Å²) in [6, 6.07) is 18.0. The minimum absolute atomic E-state index is 0.0357. The molecule has 0 aliphatic heterocycles. The van der Waals surface area contributed by atoms with Crippen molar-refractivity contribution in [3.63, 3.8) is 0 Å². The normalized spacial score (nSPS) is 12.0. The molecule has 0 aromatic heterocycles. The Labute approximate surface area is 212 Å². The van der Waals surface area contributed by atoms with Crippen LogP contribution in [0.5, 0.6) is 11.5 Å². The van der Waals surface area contributed by atoms with Crippen LogP contribution in [0.3, 0.4) is 0 Å². The number of carbonyl (C=O) groups is 1. The highest BCUT2D eigenvalue weighted by Gasteiger charge is 2.17. The van der Waals surface area contributed by atoms with Gasteiger partial charge in [0.05, 0.1) is 22.6 Å². The van der Waals surface area contributed by atoms with Gasteiger partial charge in [0.15, 0.2) is 6.61 Å². The van der Waals surface area contributed by atoms with E-state index in [2.05, 4.69) is 26.0 Å². The van der Waals surface area contributed by atoms with E-state index in [1.807, 2.05) is 38.1 Å². The highest BCUT2D eigenvalue weighted by Crippen LogP contribution is 2.29. The predicted octanol–water partition coefficient (Wildman–Crippen LogP) is 5.56. The summed E-state index contributed by atoms with van der Waals surface area (Å²) in [6.07, 6.45) is 0. The van der Waals surface area contributed by atoms with Gasteiger partial charge in [-0.1, -0.05) is 39.7 Å². The molecule has 0 spiro atoms. The van der Waals surface area contributed by atoms with Crippen LogP contribution in [0.25, 0.3) is 0 Å². The quantitative estimate of drug-likeness (QED) is 0.335. The predicted molar refractivity (Wildman–Crippen MR) is 136 cm³/mol. The number of ether oxygens (including phenoxy) is 2. The number of hydrogen-bond donors (Lipinski definition) is 2. The molecule has 0 bridgehead atoms. The number of rotatable bonds is 10. The molecule has 0 aliphatic carbocycles. The molecule has 0 heterocycles. The molecular formula is C24H24BrClN2O5S. The van der Waals surface area contributed by atoms with E-state index in [1.54, 1.807) is 24.3 Å². The second kappa shape index (κ2) is 11.6. The van der Waals surface area contributed by atoms with Gasteiger partial charge >= 0.3 is 0 Å². The molecule has 2 N–H and O–H groups in total. The third-order valence-corrected chi connectivity index (χ3v) is 6.88. The van der Waals surface area contributed by atoms with Crippen molar-refractivity contribution in [3.8, 4) is 11.5 Å². The zero-order valence-electron chi connectivity index (χ0n) is 18.5. The van der Waals surface area contributed by atoms with Crippen molar-refractivity contribution in [2.45, 2.75) is 24.8 Å². The van der Waals surface area contributed by atoms with E-state index in [1.165, 1.54) is 18.2 Å². The Bertz CT molecular complexity index is 1250. The Morgan fingerprint density at radius 3 is 2.44 bits per heavy atom. The second-order valence-corrected chi connectivity index (χ2v) is 10.3. The largest absolute Gasteiger partial charge is 0.494 e. The SMILES string of the molecule is CCOc1ccc(NS(=O)(=O)c2ccc(OCC(=O)N[C@@H](C)c3cccc(Br)c3)c(Cl)c2)cc1. The Morgan fingerprint density at radius 2 is 1.79 bits per heavy atom. The van der Waals surface area contributed by atoms with Gasteiger partial charge in [0.2, 0.25) is 0 Å². The maximum absolute atomic E-state index is 12.7. The van der Waals surface area contributed by atoms with Gasteiger partial charge in [0, 0.05) is 10.2 Å². The van der Waals surface area contributed by atoms with Gasteiger partial charge in [0.25, 0.3) is 15.9 Å². The maximum Gasteiger partial charge on any atom is 0.261 e. The molecule has 3 aromatic carbocycles. The lowest BCUT2D eigenvalue weighted by Gasteiger charge is -2.15. The van der Waals surface area contributed by atoms with Crippen LogP contribution in [0, 0.1) is 0 Å². The van der Waals surface area contributed by atoms with Crippen LogP contribution < -0.4 is 19.5 Å². The lowest BCUT2D eigenvalue weighted by Crippen LogP contribution is -2.31. The van der Waals surface area contributed by atoms with E-state index in [9.17, 15) is 13.2 Å². The number of nitrogens with one attached hydrogen (secondary N) is 2. The van der Waals surface area contributed by atoms with Crippen LogP contribution >= 0.6 is 27.5 Å². The maximum atomic E-state index is 12.7. The first-order valence-corrected chi connectivity index (χ1v) is 13.1. The first-order chi connectivity index (χ1) is 16.2. The van der Waals surface area contributed by atoms with E-state index in [-0.39, 0.29) is 34.2 Å². The lowest BCUT2D eigenvalue weighted by atomic mass is 10.1. The average Bonchev–Trinajstić information content (AvgIpc) is 2.79. The van der Waals surface area contributed by atoms with Crippen molar-refractivity contribution in [1.29, 1.82) is 0 Å². The van der Waals surface area contributed by atoms with E-state index in [0.717, 1.165) is 10.0 Å². The van der Waals surface area contributed by atoms with Gasteiger partial charge in [-0.05, 0) is 74.0 Å². The molecule has 180 valence electrons. The standard InChI is InChI=1S/C24H24BrClN2O5S/c1-3-32-20-9-7-19(8-10-20)28-34(30,31)21-11-12-23(22(26)14-21)33-15-24(29)27-16(2)17-5-4-6-18(25)13-17/h4-14,16,28H,3,15H2,1-2H3,(H,27,29)/t16-/m0/s1. The second-order valence-electron chi connectivity index (χ2n) is 7.29. The zero-order valence-corrected chi connectivity index (χ0v) is 21.7. The number of carbonyl (C=O) groups excluding carboxylic acids is 1. The molecule has 0 radical (unpaired) electrons. The molecular weight excluding hydrogens is 544 g/mol. The summed E-state index contributed by atoms with van der Waals surface area (Å²) in [5.74, 6) is 0.509. The van der Waals surface area contributed by atoms with Gasteiger partial charge in [-0.25, -0.2) is 8.42 Å². The lowest BCUT2D eigenvalue weighted by molar-refractivity contribution is -0.123. The minimum Gasteiger partial charge on any atom is -0.494 e. The van der Waals surface area contributed by atoms with Crippen LogP contribution in [0.2, 0.25) is 5.02 Å².